The second-order valence-corrected chi connectivity index (χ2v) is 7.84. The molecule has 1 saturated heterocycles. The number of hydrogen-bond donors (Lipinski definition) is 1. The van der Waals surface area contributed by atoms with Crippen molar-refractivity contribution < 1.29 is 13.2 Å². The Hall–Kier alpha value is -1.89. The van der Waals surface area contributed by atoms with E-state index in [4.69, 9.17) is 4.74 Å². The average Bonchev–Trinajstić information content (AvgIpc) is 2.55. The Balaban J connectivity index is 1.72. The molecule has 0 bridgehead atoms. The van der Waals surface area contributed by atoms with Crippen LogP contribution in [0.1, 0.15) is 17.2 Å². The summed E-state index contributed by atoms with van der Waals surface area (Å²) >= 11 is 0. The highest BCUT2D eigenvalue weighted by atomic mass is 32.2. The van der Waals surface area contributed by atoms with Gasteiger partial charge in [-0.05, 0) is 43.8 Å². The number of anilines is 1. The third-order valence-electron chi connectivity index (χ3n) is 4.14. The molecule has 1 unspecified atom stereocenters. The highest BCUT2D eigenvalue weighted by Gasteiger charge is 2.20. The van der Waals surface area contributed by atoms with Gasteiger partial charge in [-0.25, -0.2) is 8.42 Å². The number of nitrogens with one attached hydrogen (secondary N) is 1. The summed E-state index contributed by atoms with van der Waals surface area (Å²) in [6.45, 7) is 4.41. The minimum absolute atomic E-state index is 0.0338. The second kappa shape index (κ2) is 6.93. The molecule has 0 spiro atoms. The van der Waals surface area contributed by atoms with E-state index in [2.05, 4.69) is 16.7 Å². The first-order valence-corrected chi connectivity index (χ1v) is 9.42. The predicted molar refractivity (Wildman–Crippen MR) is 94.6 cm³/mol. The lowest BCUT2D eigenvalue weighted by Crippen LogP contribution is -2.35. The van der Waals surface area contributed by atoms with Crippen LogP contribution in [0.5, 0.6) is 0 Å². The van der Waals surface area contributed by atoms with Crippen LogP contribution in [0.15, 0.2) is 53.4 Å². The molecule has 0 saturated carbocycles. The summed E-state index contributed by atoms with van der Waals surface area (Å²) in [5.41, 5.74) is 2.62. The lowest BCUT2D eigenvalue weighted by Gasteiger charge is -2.30. The summed E-state index contributed by atoms with van der Waals surface area (Å²) in [5, 5.41) is 0. The molecule has 1 heterocycles. The van der Waals surface area contributed by atoms with Crippen LogP contribution in [-0.2, 0) is 14.8 Å². The fourth-order valence-corrected chi connectivity index (χ4v) is 3.74. The van der Waals surface area contributed by atoms with Crippen molar-refractivity contribution in [3.8, 4) is 0 Å². The Bertz CT molecular complexity index is 786. The van der Waals surface area contributed by atoms with Gasteiger partial charge in [-0.1, -0.05) is 29.8 Å². The monoisotopic (exact) mass is 346 g/mol. The van der Waals surface area contributed by atoms with Crippen molar-refractivity contribution in [2.45, 2.75) is 17.9 Å². The van der Waals surface area contributed by atoms with Gasteiger partial charge < -0.3 is 9.64 Å². The molecule has 128 valence electrons. The maximum atomic E-state index is 12.4. The molecule has 1 aliphatic heterocycles. The molecule has 24 heavy (non-hydrogen) atoms. The van der Waals surface area contributed by atoms with E-state index in [0.29, 0.717) is 12.3 Å². The van der Waals surface area contributed by atoms with Crippen LogP contribution in [0.4, 0.5) is 5.69 Å². The maximum absolute atomic E-state index is 12.4. The van der Waals surface area contributed by atoms with Gasteiger partial charge in [0, 0.05) is 18.8 Å². The molecule has 1 N–H and O–H groups in total. The van der Waals surface area contributed by atoms with Crippen LogP contribution in [0.25, 0.3) is 0 Å². The lowest BCUT2D eigenvalue weighted by atomic mass is 10.1. The molecule has 1 aliphatic rings. The van der Waals surface area contributed by atoms with Crippen LogP contribution in [0.3, 0.4) is 0 Å². The van der Waals surface area contributed by atoms with E-state index in [9.17, 15) is 8.42 Å². The maximum Gasteiger partial charge on any atom is 0.261 e. The van der Waals surface area contributed by atoms with E-state index in [1.165, 1.54) is 0 Å². The number of benzene rings is 2. The van der Waals surface area contributed by atoms with Crippen molar-refractivity contribution in [1.29, 1.82) is 0 Å². The van der Waals surface area contributed by atoms with E-state index in [1.54, 1.807) is 36.4 Å². The smallest absolute Gasteiger partial charge is 0.261 e. The summed E-state index contributed by atoms with van der Waals surface area (Å²) in [5.74, 6) is 0. The minimum atomic E-state index is -3.57. The van der Waals surface area contributed by atoms with Crippen LogP contribution >= 0.6 is 0 Å². The largest absolute Gasteiger partial charge is 0.371 e. The molecule has 6 heteroatoms. The average molecular weight is 346 g/mol. The van der Waals surface area contributed by atoms with E-state index < -0.39 is 10.0 Å². The van der Waals surface area contributed by atoms with Crippen LogP contribution in [-0.4, -0.2) is 40.1 Å². The first-order chi connectivity index (χ1) is 11.4. The number of morpholine rings is 1. The molecule has 2 aromatic carbocycles. The van der Waals surface area contributed by atoms with Gasteiger partial charge in [-0.15, -0.1) is 0 Å². The zero-order valence-corrected chi connectivity index (χ0v) is 14.7. The third kappa shape index (κ3) is 3.95. The lowest BCUT2D eigenvalue weighted by molar-refractivity contribution is -0.0208. The van der Waals surface area contributed by atoms with Crippen LogP contribution < -0.4 is 4.72 Å². The van der Waals surface area contributed by atoms with Crippen LogP contribution in [0, 0.1) is 6.92 Å². The van der Waals surface area contributed by atoms with Gasteiger partial charge in [-0.3, -0.25) is 4.72 Å². The van der Waals surface area contributed by atoms with Gasteiger partial charge in [0.1, 0.15) is 0 Å². The molecular weight excluding hydrogens is 324 g/mol. The first-order valence-electron chi connectivity index (χ1n) is 7.94. The second-order valence-electron chi connectivity index (χ2n) is 6.16. The van der Waals surface area contributed by atoms with E-state index in [-0.39, 0.29) is 11.0 Å². The van der Waals surface area contributed by atoms with E-state index in [0.717, 1.165) is 24.2 Å². The van der Waals surface area contributed by atoms with Crippen molar-refractivity contribution in [2.75, 3.05) is 31.5 Å². The standard InChI is InChI=1S/C18H22N2O3S/c1-14-3-9-17(10-4-14)24(21,22)19-16-7-5-15(6-8-16)18-13-20(2)11-12-23-18/h3-10,18-19H,11-13H2,1-2H3. The van der Waals surface area contributed by atoms with E-state index in [1.807, 2.05) is 19.1 Å². The zero-order chi connectivity index (χ0) is 17.2. The quantitative estimate of drug-likeness (QED) is 0.925. The van der Waals surface area contributed by atoms with Crippen molar-refractivity contribution in [2.24, 2.45) is 0 Å². The third-order valence-corrected chi connectivity index (χ3v) is 5.53. The molecule has 0 aromatic heterocycles. The number of aryl methyl sites for hydroxylation is 1. The van der Waals surface area contributed by atoms with Gasteiger partial charge in [-0.2, -0.15) is 0 Å². The molecule has 0 radical (unpaired) electrons. The summed E-state index contributed by atoms with van der Waals surface area (Å²) < 4.78 is 33.2. The Morgan fingerprint density at radius 3 is 2.38 bits per heavy atom. The van der Waals surface area contributed by atoms with Gasteiger partial charge in [0.25, 0.3) is 10.0 Å². The van der Waals surface area contributed by atoms with Crippen molar-refractivity contribution >= 4 is 15.7 Å². The molecule has 3 rings (SSSR count). The van der Waals surface area contributed by atoms with Gasteiger partial charge in [0.15, 0.2) is 0 Å². The van der Waals surface area contributed by atoms with Gasteiger partial charge in [0.05, 0.1) is 17.6 Å². The predicted octanol–water partition coefficient (Wildman–Crippen LogP) is 2.80. The summed E-state index contributed by atoms with van der Waals surface area (Å²) in [4.78, 5) is 2.48. The summed E-state index contributed by atoms with van der Waals surface area (Å²) in [6.07, 6.45) is 0.0338. The van der Waals surface area contributed by atoms with Gasteiger partial charge in [0.2, 0.25) is 0 Å². The van der Waals surface area contributed by atoms with Crippen molar-refractivity contribution in [3.63, 3.8) is 0 Å². The minimum Gasteiger partial charge on any atom is -0.371 e. The SMILES string of the molecule is Cc1ccc(S(=O)(=O)Nc2ccc(C3CN(C)CCO3)cc2)cc1. The summed E-state index contributed by atoms with van der Waals surface area (Å²) in [6, 6.07) is 14.2. The Morgan fingerprint density at radius 2 is 1.75 bits per heavy atom. The number of nitrogens with zero attached hydrogens (tertiary/aromatic N) is 1. The Morgan fingerprint density at radius 1 is 1.08 bits per heavy atom. The molecule has 2 aromatic rings. The number of likely N-dealkylation sites (N-methyl/N-ethyl adjacent to an activating group) is 1. The summed E-state index contributed by atoms with van der Waals surface area (Å²) in [7, 11) is -1.50. The Labute approximate surface area is 143 Å². The topological polar surface area (TPSA) is 58.6 Å². The number of rotatable bonds is 4. The number of sulfonamides is 1. The first kappa shape index (κ1) is 17.0. The van der Waals surface area contributed by atoms with Gasteiger partial charge >= 0.3 is 0 Å². The van der Waals surface area contributed by atoms with Crippen LogP contribution in [0.2, 0.25) is 0 Å². The highest BCUT2D eigenvalue weighted by Crippen LogP contribution is 2.24. The normalized spacial score (nSPS) is 19.2. The van der Waals surface area contributed by atoms with Crippen molar-refractivity contribution in [3.05, 3.63) is 59.7 Å². The number of ether oxygens (including phenoxy) is 1. The molecule has 1 fully saturated rings. The number of hydrogen-bond acceptors (Lipinski definition) is 4. The Kier molecular flexibility index (Phi) is 4.89. The fourth-order valence-electron chi connectivity index (χ4n) is 2.68. The molecular formula is C18H22N2O3S. The molecule has 0 aliphatic carbocycles. The zero-order valence-electron chi connectivity index (χ0n) is 13.9. The fraction of sp³-hybridized carbons (Fsp3) is 0.333. The van der Waals surface area contributed by atoms with Crippen molar-refractivity contribution in [1.82, 2.24) is 4.90 Å². The highest BCUT2D eigenvalue weighted by molar-refractivity contribution is 7.92. The molecule has 0 amide bonds. The molecule has 1 atom stereocenters. The molecule has 5 nitrogen and oxygen atoms in total. The van der Waals surface area contributed by atoms with E-state index >= 15 is 0 Å².